The van der Waals surface area contributed by atoms with Crippen molar-refractivity contribution in [2.24, 2.45) is 0 Å². The van der Waals surface area contributed by atoms with Crippen LogP contribution in [0.5, 0.6) is 11.5 Å². The molecule has 2 aromatic carbocycles. The van der Waals surface area contributed by atoms with Crippen molar-refractivity contribution in [3.05, 3.63) is 71.1 Å². The second-order valence-electron chi connectivity index (χ2n) is 6.56. The summed E-state index contributed by atoms with van der Waals surface area (Å²) in [7, 11) is 0. The molecular weight excluding hydrogens is 416 g/mol. The predicted octanol–water partition coefficient (Wildman–Crippen LogP) is 5.93. The number of benzene rings is 2. The lowest BCUT2D eigenvalue weighted by Crippen LogP contribution is -2.32. The second kappa shape index (κ2) is 8.65. The van der Waals surface area contributed by atoms with Crippen LogP contribution >= 0.6 is 0 Å². The van der Waals surface area contributed by atoms with Gasteiger partial charge in [-0.25, -0.2) is 6.57 Å². The van der Waals surface area contributed by atoms with E-state index in [0.29, 0.717) is 0 Å². The molecule has 10 heteroatoms. The van der Waals surface area contributed by atoms with Crippen LogP contribution in [-0.2, 0) is 6.18 Å². The van der Waals surface area contributed by atoms with Crippen LogP contribution in [0.3, 0.4) is 0 Å². The monoisotopic (exact) mass is 431 g/mol. The Hall–Kier alpha value is -3.22. The Morgan fingerprint density at radius 2 is 1.60 bits per heavy atom. The average Bonchev–Trinajstić information content (AvgIpc) is 2.65. The zero-order valence-corrected chi connectivity index (χ0v) is 15.5. The molecule has 4 nitrogen and oxygen atoms in total. The molecule has 0 saturated heterocycles. The van der Waals surface area contributed by atoms with Crippen LogP contribution in [0.25, 0.3) is 4.85 Å². The molecule has 0 saturated carbocycles. The lowest BCUT2D eigenvalue weighted by Gasteiger charge is -2.19. The van der Waals surface area contributed by atoms with Crippen LogP contribution in [-0.4, -0.2) is 24.3 Å². The third kappa shape index (κ3) is 6.40. The van der Waals surface area contributed by atoms with Gasteiger partial charge in [0.15, 0.2) is 12.4 Å². The van der Waals surface area contributed by atoms with Gasteiger partial charge in [-0.1, -0.05) is 12.1 Å². The molecule has 30 heavy (non-hydrogen) atoms. The zero-order chi connectivity index (χ0) is 22.6. The Labute approximate surface area is 167 Å². The fraction of sp³-hybridized carbons (Fsp3) is 0.300. The van der Waals surface area contributed by atoms with Crippen molar-refractivity contribution in [1.29, 1.82) is 0 Å². The van der Waals surface area contributed by atoms with Gasteiger partial charge in [0.05, 0.1) is 12.0 Å². The maximum atomic E-state index is 13.0. The van der Waals surface area contributed by atoms with Crippen LogP contribution in [0, 0.1) is 6.57 Å². The van der Waals surface area contributed by atoms with Gasteiger partial charge in [-0.3, -0.25) is 4.79 Å². The zero-order valence-electron chi connectivity index (χ0n) is 15.5. The number of ether oxygens (including phenoxy) is 2. The number of carbonyl (C=O) groups is 1. The number of alkyl halides is 6. The van der Waals surface area contributed by atoms with Gasteiger partial charge in [0.2, 0.25) is 0 Å². The van der Waals surface area contributed by atoms with Gasteiger partial charge >= 0.3 is 12.5 Å². The Balaban J connectivity index is 2.09. The van der Waals surface area contributed by atoms with E-state index >= 15 is 0 Å². The third-order valence-corrected chi connectivity index (χ3v) is 3.95. The number of Topliss-reactive ketones (excluding diaryl/α,β-unsaturated/α-hetero) is 1. The van der Waals surface area contributed by atoms with Crippen molar-refractivity contribution in [2.45, 2.75) is 31.4 Å². The first-order valence-corrected chi connectivity index (χ1v) is 8.40. The Morgan fingerprint density at radius 3 is 2.13 bits per heavy atom. The standard InChI is InChI=1S/C20H15F6NO3/c1-18(27-2,12-29-17-6-4-3-5-15(17)19(21,22)23)11-16(28)13-7-9-14(10-8-13)30-20(24,25)26/h3-10H,11-12H2,1H3. The second-order valence-corrected chi connectivity index (χ2v) is 6.56. The molecular formula is C20H15F6NO3. The summed E-state index contributed by atoms with van der Waals surface area (Å²) in [6.45, 7) is 8.16. The van der Waals surface area contributed by atoms with E-state index < -0.39 is 54.0 Å². The van der Waals surface area contributed by atoms with Crippen molar-refractivity contribution < 1.29 is 40.6 Å². The average molecular weight is 431 g/mol. The molecule has 0 spiro atoms. The summed E-state index contributed by atoms with van der Waals surface area (Å²) in [5, 5.41) is 0. The molecule has 1 atom stereocenters. The first-order valence-electron chi connectivity index (χ1n) is 8.40. The fourth-order valence-corrected chi connectivity index (χ4v) is 2.47. The summed E-state index contributed by atoms with van der Waals surface area (Å²) in [5.74, 6) is -1.57. The minimum absolute atomic E-state index is 0.0232. The molecule has 160 valence electrons. The van der Waals surface area contributed by atoms with E-state index in [2.05, 4.69) is 9.58 Å². The van der Waals surface area contributed by atoms with Gasteiger partial charge in [0.25, 0.3) is 5.54 Å². The number of hydrogen-bond acceptors (Lipinski definition) is 3. The lowest BCUT2D eigenvalue weighted by atomic mass is 9.93. The number of para-hydroxylation sites is 1. The van der Waals surface area contributed by atoms with Crippen LogP contribution in [0.2, 0.25) is 0 Å². The van der Waals surface area contributed by atoms with E-state index in [-0.39, 0.29) is 5.56 Å². The first-order chi connectivity index (χ1) is 13.8. The molecule has 0 amide bonds. The maximum Gasteiger partial charge on any atom is 0.573 e. The number of rotatable bonds is 7. The predicted molar refractivity (Wildman–Crippen MR) is 94.0 cm³/mol. The Bertz CT molecular complexity index is 931. The van der Waals surface area contributed by atoms with Crippen molar-refractivity contribution in [3.63, 3.8) is 0 Å². The van der Waals surface area contributed by atoms with Crippen LogP contribution in [0.1, 0.15) is 29.3 Å². The van der Waals surface area contributed by atoms with E-state index in [0.717, 1.165) is 36.4 Å². The van der Waals surface area contributed by atoms with Crippen LogP contribution in [0.4, 0.5) is 26.3 Å². The molecule has 2 aromatic rings. The van der Waals surface area contributed by atoms with E-state index in [1.807, 2.05) is 0 Å². The smallest absolute Gasteiger partial charge is 0.485 e. The molecule has 2 rings (SSSR count). The van der Waals surface area contributed by atoms with Gasteiger partial charge in [-0.2, -0.15) is 13.2 Å². The van der Waals surface area contributed by atoms with Crippen molar-refractivity contribution in [2.75, 3.05) is 6.61 Å². The summed E-state index contributed by atoms with van der Waals surface area (Å²) in [5.41, 5.74) is -2.48. The van der Waals surface area contributed by atoms with Crippen molar-refractivity contribution in [1.82, 2.24) is 0 Å². The van der Waals surface area contributed by atoms with Gasteiger partial charge in [0, 0.05) is 12.5 Å². The largest absolute Gasteiger partial charge is 0.573 e. The fourth-order valence-electron chi connectivity index (χ4n) is 2.47. The SMILES string of the molecule is [C-]#[N+]C(C)(COc1ccccc1C(F)(F)F)CC(=O)c1ccc(OC(F)(F)F)cc1. The van der Waals surface area contributed by atoms with E-state index in [9.17, 15) is 31.1 Å². The van der Waals surface area contributed by atoms with Crippen LogP contribution in [0.15, 0.2) is 48.5 Å². The van der Waals surface area contributed by atoms with E-state index in [1.165, 1.54) is 19.1 Å². The highest BCUT2D eigenvalue weighted by Gasteiger charge is 2.38. The molecule has 0 N–H and O–H groups in total. The summed E-state index contributed by atoms with van der Waals surface area (Å²) < 4.78 is 84.6. The summed E-state index contributed by atoms with van der Waals surface area (Å²) >= 11 is 0. The summed E-state index contributed by atoms with van der Waals surface area (Å²) in [6, 6.07) is 8.59. The molecule has 1 unspecified atom stereocenters. The van der Waals surface area contributed by atoms with Crippen molar-refractivity contribution in [3.8, 4) is 11.5 Å². The molecule has 0 fully saturated rings. The maximum absolute atomic E-state index is 13.0. The van der Waals surface area contributed by atoms with Gasteiger partial charge in [-0.15, -0.1) is 13.2 Å². The molecule has 0 aliphatic heterocycles. The highest BCUT2D eigenvalue weighted by molar-refractivity contribution is 5.97. The normalized spacial score (nSPS) is 13.8. The molecule has 0 radical (unpaired) electrons. The Morgan fingerprint density at radius 1 is 1.00 bits per heavy atom. The lowest BCUT2D eigenvalue weighted by molar-refractivity contribution is -0.274. The number of carbonyl (C=O) groups excluding carboxylic acids is 1. The quantitative estimate of drug-likeness (QED) is 0.310. The van der Waals surface area contributed by atoms with E-state index in [1.54, 1.807) is 0 Å². The van der Waals surface area contributed by atoms with Gasteiger partial charge < -0.3 is 14.3 Å². The van der Waals surface area contributed by atoms with Crippen molar-refractivity contribution >= 4 is 5.78 Å². The summed E-state index contributed by atoms with van der Waals surface area (Å²) in [4.78, 5) is 15.7. The number of ketones is 1. The van der Waals surface area contributed by atoms with Gasteiger partial charge in [-0.05, 0) is 36.4 Å². The minimum atomic E-state index is -4.88. The number of halogens is 6. The highest BCUT2D eigenvalue weighted by Crippen LogP contribution is 2.36. The Kier molecular flexibility index (Phi) is 6.65. The highest BCUT2D eigenvalue weighted by atomic mass is 19.4. The number of nitrogens with zero attached hydrogens (tertiary/aromatic N) is 1. The van der Waals surface area contributed by atoms with Crippen LogP contribution < -0.4 is 9.47 Å². The number of hydrogen-bond donors (Lipinski definition) is 0. The first kappa shape index (κ1) is 23.1. The third-order valence-electron chi connectivity index (χ3n) is 3.95. The van der Waals surface area contributed by atoms with Gasteiger partial charge in [0.1, 0.15) is 11.5 Å². The molecule has 0 aromatic heterocycles. The molecule has 0 aliphatic carbocycles. The van der Waals surface area contributed by atoms with E-state index in [4.69, 9.17) is 11.3 Å². The molecule has 0 heterocycles. The molecule has 0 aliphatic rings. The topological polar surface area (TPSA) is 39.9 Å². The minimum Gasteiger partial charge on any atom is -0.485 e. The summed E-state index contributed by atoms with van der Waals surface area (Å²) in [6.07, 6.45) is -9.94. The molecule has 0 bridgehead atoms.